The first kappa shape index (κ1) is 32.6. The van der Waals surface area contributed by atoms with Gasteiger partial charge in [0.2, 0.25) is 5.91 Å². The van der Waals surface area contributed by atoms with Crippen LogP contribution in [0.25, 0.3) is 17.4 Å². The second kappa shape index (κ2) is 15.5. The van der Waals surface area contributed by atoms with Crippen molar-refractivity contribution in [3.05, 3.63) is 136 Å². The zero-order valence-electron chi connectivity index (χ0n) is 24.4. The Morgan fingerprint density at radius 1 is 0.891 bits per heavy atom. The van der Waals surface area contributed by atoms with Gasteiger partial charge < -0.3 is 25.1 Å². The van der Waals surface area contributed by atoms with Gasteiger partial charge in [0.1, 0.15) is 23.0 Å². The average Bonchev–Trinajstić information content (AvgIpc) is 3.53. The lowest BCUT2D eigenvalue weighted by molar-refractivity contribution is -0.114. The number of methoxy groups -OCH3 is 1. The highest BCUT2D eigenvalue weighted by Crippen LogP contribution is 2.29. The molecule has 0 saturated heterocycles. The summed E-state index contributed by atoms with van der Waals surface area (Å²) in [5, 5.41) is 8.82. The molecule has 8 nitrogen and oxygen atoms in total. The summed E-state index contributed by atoms with van der Waals surface area (Å²) in [7, 11) is 1.52. The first-order valence-corrected chi connectivity index (χ1v) is 16.0. The number of carbonyl (C=O) groups excluding carboxylic acids is 3. The van der Waals surface area contributed by atoms with E-state index in [9.17, 15) is 14.4 Å². The third-order valence-electron chi connectivity index (χ3n) is 6.49. The zero-order chi connectivity index (χ0) is 32.5. The third kappa shape index (κ3) is 8.91. The van der Waals surface area contributed by atoms with Crippen molar-refractivity contribution in [2.24, 2.45) is 0 Å². The van der Waals surface area contributed by atoms with E-state index in [0.29, 0.717) is 39.2 Å². The van der Waals surface area contributed by atoms with Gasteiger partial charge in [-0.05, 0) is 78.9 Å². The van der Waals surface area contributed by atoms with Gasteiger partial charge in [0.25, 0.3) is 11.8 Å². The van der Waals surface area contributed by atoms with Gasteiger partial charge in [-0.1, -0.05) is 57.9 Å². The molecule has 0 saturated carbocycles. The number of carbonyl (C=O) groups is 3. The lowest BCUT2D eigenvalue weighted by Crippen LogP contribution is -2.30. The molecule has 4 aromatic carbocycles. The van der Waals surface area contributed by atoms with Crippen LogP contribution in [0.4, 0.5) is 11.4 Å². The summed E-state index contributed by atoms with van der Waals surface area (Å²) in [6.45, 7) is 0. The van der Waals surface area contributed by atoms with E-state index in [4.69, 9.17) is 20.8 Å². The van der Waals surface area contributed by atoms with Gasteiger partial charge >= 0.3 is 0 Å². The maximum atomic E-state index is 13.4. The second-order valence-electron chi connectivity index (χ2n) is 9.75. The molecular formula is C35H27BrClN3O5S. The number of anilines is 2. The number of amides is 3. The number of hydrogen-bond donors (Lipinski definition) is 3. The van der Waals surface area contributed by atoms with Gasteiger partial charge in [0.05, 0.1) is 18.6 Å². The Morgan fingerprint density at radius 2 is 1.63 bits per heavy atom. The minimum atomic E-state index is -0.541. The summed E-state index contributed by atoms with van der Waals surface area (Å²) in [5.41, 5.74) is 2.24. The van der Waals surface area contributed by atoms with E-state index in [2.05, 4.69) is 31.9 Å². The zero-order valence-corrected chi connectivity index (χ0v) is 27.5. The standard InChI is InChI=1S/C35H27BrClN3O5S/c1-44-32-17-11-25(37)19-29(32)39-33(41)21-46-28-15-12-26(13-16-28)38-35(43)30(40-34(42)23-5-3-2-4-6-23)20-27-14-18-31(45-27)22-7-9-24(36)10-8-22/h2-20H,21H2,1H3,(H,38,43)(H,39,41)(H,40,42). The highest BCUT2D eigenvalue weighted by Gasteiger charge is 2.17. The molecule has 46 heavy (non-hydrogen) atoms. The predicted octanol–water partition coefficient (Wildman–Crippen LogP) is 8.51. The molecular weight excluding hydrogens is 690 g/mol. The molecule has 0 radical (unpaired) electrons. The molecule has 0 aliphatic rings. The SMILES string of the molecule is COc1ccc(Cl)cc1NC(=O)CSc1ccc(NC(=O)C(=Cc2ccc(-c3ccc(Br)cc3)o2)NC(=O)c2ccccc2)cc1. The Labute approximate surface area is 283 Å². The topological polar surface area (TPSA) is 110 Å². The monoisotopic (exact) mass is 715 g/mol. The van der Waals surface area contributed by atoms with Crippen molar-refractivity contribution in [2.45, 2.75) is 4.90 Å². The minimum absolute atomic E-state index is 0.00266. The van der Waals surface area contributed by atoms with Crippen molar-refractivity contribution < 1.29 is 23.5 Å². The van der Waals surface area contributed by atoms with Crippen LogP contribution < -0.4 is 20.7 Å². The second-order valence-corrected chi connectivity index (χ2v) is 12.1. The Morgan fingerprint density at radius 3 is 2.35 bits per heavy atom. The lowest BCUT2D eigenvalue weighted by Gasteiger charge is -2.12. The highest BCUT2D eigenvalue weighted by atomic mass is 79.9. The molecule has 0 spiro atoms. The van der Waals surface area contributed by atoms with Crippen LogP contribution in [-0.2, 0) is 9.59 Å². The predicted molar refractivity (Wildman–Crippen MR) is 186 cm³/mol. The van der Waals surface area contributed by atoms with Crippen LogP contribution in [-0.4, -0.2) is 30.6 Å². The van der Waals surface area contributed by atoms with Gasteiger partial charge in [0, 0.05) is 37.3 Å². The summed E-state index contributed by atoms with van der Waals surface area (Å²) >= 11 is 10.8. The molecule has 1 heterocycles. The summed E-state index contributed by atoms with van der Waals surface area (Å²) in [6, 6.07) is 31.8. The minimum Gasteiger partial charge on any atom is -0.495 e. The Balaban J connectivity index is 1.26. The fraction of sp³-hybridized carbons (Fsp3) is 0.0571. The number of nitrogens with one attached hydrogen (secondary N) is 3. The van der Waals surface area contributed by atoms with Crippen molar-refractivity contribution in [1.29, 1.82) is 0 Å². The molecule has 11 heteroatoms. The first-order valence-electron chi connectivity index (χ1n) is 13.9. The summed E-state index contributed by atoms with van der Waals surface area (Å²) in [6.07, 6.45) is 1.48. The van der Waals surface area contributed by atoms with Crippen LogP contribution in [0.5, 0.6) is 5.75 Å². The molecule has 5 aromatic rings. The van der Waals surface area contributed by atoms with E-state index in [1.807, 2.05) is 24.3 Å². The summed E-state index contributed by atoms with van der Waals surface area (Å²) < 4.78 is 12.2. The van der Waals surface area contributed by atoms with Crippen LogP contribution in [0, 0.1) is 0 Å². The smallest absolute Gasteiger partial charge is 0.272 e. The molecule has 0 bridgehead atoms. The lowest BCUT2D eigenvalue weighted by atomic mass is 10.2. The molecule has 0 fully saturated rings. The van der Waals surface area contributed by atoms with Crippen LogP contribution in [0.15, 0.2) is 129 Å². The number of ether oxygens (including phenoxy) is 1. The van der Waals surface area contributed by atoms with E-state index < -0.39 is 11.8 Å². The molecule has 232 valence electrons. The van der Waals surface area contributed by atoms with Crippen molar-refractivity contribution in [3.8, 4) is 17.1 Å². The van der Waals surface area contributed by atoms with Crippen LogP contribution in [0.1, 0.15) is 16.1 Å². The molecule has 0 unspecified atom stereocenters. The van der Waals surface area contributed by atoms with Gasteiger partial charge in [-0.3, -0.25) is 14.4 Å². The quantitative estimate of drug-likeness (QED) is 0.0935. The van der Waals surface area contributed by atoms with Gasteiger partial charge in [-0.25, -0.2) is 0 Å². The highest BCUT2D eigenvalue weighted by molar-refractivity contribution is 9.10. The normalized spacial score (nSPS) is 11.1. The van der Waals surface area contributed by atoms with Crippen LogP contribution >= 0.6 is 39.3 Å². The van der Waals surface area contributed by atoms with Crippen molar-refractivity contribution >= 4 is 74.5 Å². The van der Waals surface area contributed by atoms with E-state index in [1.54, 1.807) is 84.9 Å². The number of hydrogen-bond acceptors (Lipinski definition) is 6. The number of benzene rings is 4. The van der Waals surface area contributed by atoms with Gasteiger partial charge in [-0.2, -0.15) is 0 Å². The fourth-order valence-corrected chi connectivity index (χ4v) is 5.37. The number of rotatable bonds is 11. The van der Waals surface area contributed by atoms with E-state index >= 15 is 0 Å². The van der Waals surface area contributed by atoms with Crippen molar-refractivity contribution in [1.82, 2.24) is 5.32 Å². The third-order valence-corrected chi connectivity index (χ3v) is 8.26. The van der Waals surface area contributed by atoms with Gasteiger partial charge in [0.15, 0.2) is 0 Å². The Hall–Kier alpha value is -4.77. The largest absolute Gasteiger partial charge is 0.495 e. The molecule has 0 aliphatic heterocycles. The fourth-order valence-electron chi connectivity index (χ4n) is 4.23. The van der Waals surface area contributed by atoms with Crippen LogP contribution in [0.3, 0.4) is 0 Å². The van der Waals surface area contributed by atoms with E-state index in [1.165, 1.54) is 24.9 Å². The van der Waals surface area contributed by atoms with E-state index in [0.717, 1.165) is 14.9 Å². The summed E-state index contributed by atoms with van der Waals surface area (Å²) in [4.78, 5) is 39.8. The molecule has 5 rings (SSSR count). The molecule has 3 amide bonds. The molecule has 0 aliphatic carbocycles. The Kier molecular flexibility index (Phi) is 11.0. The molecule has 0 atom stereocenters. The van der Waals surface area contributed by atoms with Gasteiger partial charge in [-0.15, -0.1) is 11.8 Å². The maximum absolute atomic E-state index is 13.4. The number of furan rings is 1. The average molecular weight is 717 g/mol. The summed E-state index contributed by atoms with van der Waals surface area (Å²) in [5.74, 6) is 0.438. The van der Waals surface area contributed by atoms with Crippen molar-refractivity contribution in [2.75, 3.05) is 23.5 Å². The van der Waals surface area contributed by atoms with E-state index in [-0.39, 0.29) is 17.4 Å². The van der Waals surface area contributed by atoms with Crippen molar-refractivity contribution in [3.63, 3.8) is 0 Å². The molecule has 1 aromatic heterocycles. The number of thioether (sulfide) groups is 1. The maximum Gasteiger partial charge on any atom is 0.272 e. The van der Waals surface area contributed by atoms with Crippen LogP contribution in [0.2, 0.25) is 5.02 Å². The number of halogens is 2. The Bertz CT molecular complexity index is 1880. The molecule has 3 N–H and O–H groups in total. The first-order chi connectivity index (χ1) is 22.3.